The molecular formula is C25H34N4O4S. The van der Waals surface area contributed by atoms with Crippen LogP contribution in [0.1, 0.15) is 44.9 Å². The highest BCUT2D eigenvalue weighted by Crippen LogP contribution is 2.27. The molecule has 3 amide bonds. The first kappa shape index (κ1) is 25.8. The van der Waals surface area contributed by atoms with Gasteiger partial charge in [0.1, 0.15) is 12.1 Å². The summed E-state index contributed by atoms with van der Waals surface area (Å²) in [5.74, 6) is -0.514. The predicted octanol–water partition coefficient (Wildman–Crippen LogP) is 2.90. The van der Waals surface area contributed by atoms with Gasteiger partial charge in [0.2, 0.25) is 17.7 Å². The van der Waals surface area contributed by atoms with Crippen molar-refractivity contribution in [3.05, 3.63) is 41.0 Å². The predicted molar refractivity (Wildman–Crippen MR) is 132 cm³/mol. The smallest absolute Gasteiger partial charge is 0.245 e. The topological polar surface area (TPSA) is 101 Å². The van der Waals surface area contributed by atoms with Crippen molar-refractivity contribution in [3.8, 4) is 10.4 Å². The number of benzene rings is 1. The third-order valence-electron chi connectivity index (χ3n) is 5.99. The molecule has 0 bridgehead atoms. The van der Waals surface area contributed by atoms with Crippen LogP contribution in [0.15, 0.2) is 29.8 Å². The van der Waals surface area contributed by atoms with Gasteiger partial charge >= 0.3 is 0 Å². The van der Waals surface area contributed by atoms with Gasteiger partial charge < -0.3 is 20.3 Å². The first-order valence-electron chi connectivity index (χ1n) is 11.6. The fourth-order valence-electron chi connectivity index (χ4n) is 4.26. The van der Waals surface area contributed by atoms with Crippen LogP contribution in [0.4, 0.5) is 0 Å². The van der Waals surface area contributed by atoms with E-state index >= 15 is 0 Å². The van der Waals surface area contributed by atoms with E-state index in [-0.39, 0.29) is 29.7 Å². The molecule has 34 heavy (non-hydrogen) atoms. The second kappa shape index (κ2) is 11.6. The van der Waals surface area contributed by atoms with Crippen molar-refractivity contribution < 1.29 is 19.1 Å². The monoisotopic (exact) mass is 486 g/mol. The number of methoxy groups -OCH3 is 1. The molecule has 2 heterocycles. The van der Waals surface area contributed by atoms with Crippen LogP contribution in [0, 0.1) is 12.8 Å². The number of nitrogens with zero attached hydrogens (tertiary/aromatic N) is 2. The molecule has 1 aliphatic rings. The normalized spacial score (nSPS) is 18.7. The van der Waals surface area contributed by atoms with E-state index in [1.54, 1.807) is 23.3 Å². The van der Waals surface area contributed by atoms with Crippen molar-refractivity contribution in [2.24, 2.45) is 5.92 Å². The molecule has 0 spiro atoms. The number of rotatable bonds is 9. The number of ether oxygens (including phenoxy) is 1. The van der Waals surface area contributed by atoms with E-state index in [4.69, 9.17) is 4.74 Å². The molecule has 1 aromatic carbocycles. The summed E-state index contributed by atoms with van der Waals surface area (Å²) in [7, 11) is 1.58. The molecule has 3 atom stereocenters. The van der Waals surface area contributed by atoms with E-state index in [1.807, 2.05) is 50.5 Å². The summed E-state index contributed by atoms with van der Waals surface area (Å²) in [4.78, 5) is 45.1. The minimum Gasteiger partial charge on any atom is -0.380 e. The van der Waals surface area contributed by atoms with Crippen LogP contribution in [-0.4, -0.2) is 59.4 Å². The van der Waals surface area contributed by atoms with E-state index in [2.05, 4.69) is 15.6 Å². The molecule has 3 rings (SSSR count). The van der Waals surface area contributed by atoms with Crippen LogP contribution >= 0.6 is 11.3 Å². The zero-order chi connectivity index (χ0) is 24.8. The van der Waals surface area contributed by atoms with Gasteiger partial charge in [-0.3, -0.25) is 14.4 Å². The summed E-state index contributed by atoms with van der Waals surface area (Å²) in [6, 6.07) is 6.72. The Bertz CT molecular complexity index is 1000. The average molecular weight is 487 g/mol. The van der Waals surface area contributed by atoms with Crippen LogP contribution in [0.5, 0.6) is 0 Å². The van der Waals surface area contributed by atoms with Gasteiger partial charge in [-0.1, -0.05) is 38.1 Å². The Labute approximate surface area is 205 Å². The minimum atomic E-state index is -0.661. The van der Waals surface area contributed by atoms with Gasteiger partial charge in [-0.25, -0.2) is 4.98 Å². The molecule has 1 saturated heterocycles. The summed E-state index contributed by atoms with van der Waals surface area (Å²) in [6.07, 6.45) is 0.706. The first-order valence-corrected chi connectivity index (χ1v) is 12.4. The largest absolute Gasteiger partial charge is 0.380 e. The molecule has 1 aromatic heterocycles. The maximum absolute atomic E-state index is 13.3. The third kappa shape index (κ3) is 6.42. The summed E-state index contributed by atoms with van der Waals surface area (Å²) in [5.41, 5.74) is 4.90. The van der Waals surface area contributed by atoms with E-state index in [1.165, 1.54) is 6.92 Å². The molecule has 0 aliphatic carbocycles. The van der Waals surface area contributed by atoms with Crippen molar-refractivity contribution in [3.63, 3.8) is 0 Å². The Morgan fingerprint density at radius 3 is 2.50 bits per heavy atom. The Balaban J connectivity index is 1.67. The van der Waals surface area contributed by atoms with Gasteiger partial charge in [-0.15, -0.1) is 11.3 Å². The first-order chi connectivity index (χ1) is 16.2. The van der Waals surface area contributed by atoms with Gasteiger partial charge in [-0.05, 0) is 30.4 Å². The van der Waals surface area contributed by atoms with Crippen molar-refractivity contribution >= 4 is 29.1 Å². The Kier molecular flexibility index (Phi) is 8.79. The number of nitrogens with one attached hydrogen (secondary N) is 2. The maximum Gasteiger partial charge on any atom is 0.245 e. The molecule has 184 valence electrons. The van der Waals surface area contributed by atoms with E-state index in [9.17, 15) is 14.4 Å². The quantitative estimate of drug-likeness (QED) is 0.568. The number of aromatic nitrogens is 1. The summed E-state index contributed by atoms with van der Waals surface area (Å²) in [5, 5.41) is 5.72. The highest BCUT2D eigenvalue weighted by Gasteiger charge is 2.42. The maximum atomic E-state index is 13.3. The fraction of sp³-hybridized carbons (Fsp3) is 0.520. The molecule has 0 unspecified atom stereocenters. The van der Waals surface area contributed by atoms with Crippen molar-refractivity contribution in [1.82, 2.24) is 20.5 Å². The van der Waals surface area contributed by atoms with Crippen LogP contribution < -0.4 is 10.6 Å². The zero-order valence-corrected chi connectivity index (χ0v) is 21.3. The lowest BCUT2D eigenvalue weighted by molar-refractivity contribution is -0.141. The standard InChI is InChI=1S/C25H34N4O4S/c1-15(2)10-21(28-17(4)30)25(32)29-13-20(33-5)11-22(29)24(31)26-12-18-6-8-19(9-7-18)23-16(3)27-14-34-23/h6-9,14-15,20-22H,10-13H2,1-5H3,(H,26,31)(H,28,30)/t20-,21+,22+/m1/s1. The average Bonchev–Trinajstić information content (AvgIpc) is 3.42. The molecule has 8 nitrogen and oxygen atoms in total. The number of thiazole rings is 1. The number of amides is 3. The van der Waals surface area contributed by atoms with Gasteiger partial charge in [0, 0.05) is 33.5 Å². The van der Waals surface area contributed by atoms with E-state index in [0.29, 0.717) is 25.9 Å². The molecule has 2 aromatic rings. The van der Waals surface area contributed by atoms with Crippen molar-refractivity contribution in [2.75, 3.05) is 13.7 Å². The van der Waals surface area contributed by atoms with Gasteiger partial charge in [0.25, 0.3) is 0 Å². The second-order valence-corrected chi connectivity index (χ2v) is 10.0. The Hall–Kier alpha value is -2.78. The number of aryl methyl sites for hydroxylation is 1. The Morgan fingerprint density at radius 2 is 1.94 bits per heavy atom. The lowest BCUT2D eigenvalue weighted by Crippen LogP contribution is -2.53. The van der Waals surface area contributed by atoms with Gasteiger partial charge in [0.05, 0.1) is 22.2 Å². The lowest BCUT2D eigenvalue weighted by Gasteiger charge is -2.29. The number of hydrogen-bond donors (Lipinski definition) is 2. The zero-order valence-electron chi connectivity index (χ0n) is 20.5. The third-order valence-corrected chi connectivity index (χ3v) is 6.97. The van der Waals surface area contributed by atoms with Crippen molar-refractivity contribution in [1.29, 1.82) is 0 Å². The van der Waals surface area contributed by atoms with Crippen LogP contribution in [0.25, 0.3) is 10.4 Å². The highest BCUT2D eigenvalue weighted by molar-refractivity contribution is 7.13. The van der Waals surface area contributed by atoms with Crippen LogP contribution in [0.3, 0.4) is 0 Å². The summed E-state index contributed by atoms with van der Waals surface area (Å²) >= 11 is 1.60. The van der Waals surface area contributed by atoms with E-state index < -0.39 is 12.1 Å². The minimum absolute atomic E-state index is 0.214. The van der Waals surface area contributed by atoms with Crippen LogP contribution in [-0.2, 0) is 25.7 Å². The number of hydrogen-bond acceptors (Lipinski definition) is 6. The molecule has 0 radical (unpaired) electrons. The molecule has 1 aliphatic heterocycles. The fourth-order valence-corrected chi connectivity index (χ4v) is 5.07. The van der Waals surface area contributed by atoms with E-state index in [0.717, 1.165) is 21.7 Å². The SMILES string of the molecule is CO[C@@H]1C[C@@H](C(=O)NCc2ccc(-c3scnc3C)cc2)N(C(=O)[C@H](CC(C)C)NC(C)=O)C1. The number of likely N-dealkylation sites (tertiary alicyclic amines) is 1. The molecule has 0 saturated carbocycles. The molecule has 2 N–H and O–H groups in total. The molecule has 1 fully saturated rings. The Morgan fingerprint density at radius 1 is 1.24 bits per heavy atom. The molecule has 9 heteroatoms. The number of carbonyl (C=O) groups excluding carboxylic acids is 3. The number of carbonyl (C=O) groups is 3. The van der Waals surface area contributed by atoms with Gasteiger partial charge in [0.15, 0.2) is 0 Å². The van der Waals surface area contributed by atoms with Crippen LogP contribution in [0.2, 0.25) is 0 Å². The van der Waals surface area contributed by atoms with Crippen molar-refractivity contribution in [2.45, 2.75) is 65.3 Å². The van der Waals surface area contributed by atoms with Gasteiger partial charge in [-0.2, -0.15) is 0 Å². The lowest BCUT2D eigenvalue weighted by atomic mass is 10.0. The second-order valence-electron chi connectivity index (χ2n) is 9.16. The summed E-state index contributed by atoms with van der Waals surface area (Å²) in [6.45, 7) is 8.06. The summed E-state index contributed by atoms with van der Waals surface area (Å²) < 4.78 is 5.47. The molecular weight excluding hydrogens is 452 g/mol. The highest BCUT2D eigenvalue weighted by atomic mass is 32.1.